The number of rotatable bonds is 2. The molecule has 2 heterocycles. The highest BCUT2D eigenvalue weighted by Crippen LogP contribution is 2.23. The van der Waals surface area contributed by atoms with Gasteiger partial charge < -0.3 is 5.11 Å². The quantitative estimate of drug-likeness (QED) is 0.767. The molecule has 0 spiro atoms. The average Bonchev–Trinajstić information content (AvgIpc) is 2.78. The number of fused-ring (bicyclic) bond motifs is 1. The zero-order valence-electron chi connectivity index (χ0n) is 9.75. The van der Waals surface area contributed by atoms with Crippen molar-refractivity contribution in [3.63, 3.8) is 0 Å². The Labute approximate surface area is 107 Å². The molecule has 94 valence electrons. The SMILES string of the molecule is O=C(O)c1nc(-c2cccc(F)c2)n2ccccc12. The Morgan fingerprint density at radius 3 is 2.79 bits per heavy atom. The second-order valence-corrected chi connectivity index (χ2v) is 4.06. The van der Waals surface area contributed by atoms with Gasteiger partial charge in [-0.2, -0.15) is 0 Å². The van der Waals surface area contributed by atoms with Crippen LogP contribution in [0, 0.1) is 5.82 Å². The fourth-order valence-corrected chi connectivity index (χ4v) is 2.03. The van der Waals surface area contributed by atoms with Crippen LogP contribution in [-0.2, 0) is 0 Å². The summed E-state index contributed by atoms with van der Waals surface area (Å²) in [6.45, 7) is 0. The summed E-state index contributed by atoms with van der Waals surface area (Å²) in [6.07, 6.45) is 1.70. The Morgan fingerprint density at radius 1 is 1.21 bits per heavy atom. The van der Waals surface area contributed by atoms with Crippen LogP contribution in [0.1, 0.15) is 10.5 Å². The first-order chi connectivity index (χ1) is 9.16. The number of carboxylic acids is 1. The number of imidazole rings is 1. The van der Waals surface area contributed by atoms with E-state index in [-0.39, 0.29) is 11.5 Å². The molecule has 0 unspecified atom stereocenters. The maximum Gasteiger partial charge on any atom is 0.356 e. The van der Waals surface area contributed by atoms with Gasteiger partial charge in [-0.15, -0.1) is 0 Å². The Hall–Kier alpha value is -2.69. The molecule has 3 aromatic rings. The molecule has 2 aromatic heterocycles. The number of aromatic nitrogens is 2. The molecule has 0 fully saturated rings. The topological polar surface area (TPSA) is 54.6 Å². The van der Waals surface area contributed by atoms with E-state index in [9.17, 15) is 9.18 Å². The fraction of sp³-hybridized carbons (Fsp3) is 0. The van der Waals surface area contributed by atoms with Crippen molar-refractivity contribution in [2.75, 3.05) is 0 Å². The monoisotopic (exact) mass is 256 g/mol. The van der Waals surface area contributed by atoms with Crippen molar-refractivity contribution < 1.29 is 14.3 Å². The van der Waals surface area contributed by atoms with E-state index in [2.05, 4.69) is 4.98 Å². The second kappa shape index (κ2) is 4.20. The largest absolute Gasteiger partial charge is 0.476 e. The van der Waals surface area contributed by atoms with Gasteiger partial charge in [-0.25, -0.2) is 14.2 Å². The lowest BCUT2D eigenvalue weighted by Crippen LogP contribution is -1.96. The van der Waals surface area contributed by atoms with Gasteiger partial charge in [0.05, 0.1) is 5.52 Å². The first-order valence-corrected chi connectivity index (χ1v) is 5.63. The molecule has 1 aromatic carbocycles. The molecule has 19 heavy (non-hydrogen) atoms. The summed E-state index contributed by atoms with van der Waals surface area (Å²) >= 11 is 0. The number of benzene rings is 1. The number of halogens is 1. The predicted molar refractivity (Wildman–Crippen MR) is 67.5 cm³/mol. The highest BCUT2D eigenvalue weighted by atomic mass is 19.1. The maximum atomic E-state index is 13.3. The van der Waals surface area contributed by atoms with Gasteiger partial charge in [0.15, 0.2) is 5.69 Å². The highest BCUT2D eigenvalue weighted by Gasteiger charge is 2.17. The highest BCUT2D eigenvalue weighted by molar-refractivity contribution is 5.94. The third-order valence-electron chi connectivity index (χ3n) is 2.83. The molecule has 1 N–H and O–H groups in total. The van der Waals surface area contributed by atoms with Crippen LogP contribution in [0.15, 0.2) is 48.7 Å². The number of carboxylic acid groups (broad SMARTS) is 1. The molecule has 0 atom stereocenters. The molecule has 3 rings (SSSR count). The van der Waals surface area contributed by atoms with E-state index in [4.69, 9.17) is 5.11 Å². The first-order valence-electron chi connectivity index (χ1n) is 5.63. The Bertz CT molecular complexity index is 780. The van der Waals surface area contributed by atoms with E-state index in [0.29, 0.717) is 16.9 Å². The van der Waals surface area contributed by atoms with Crippen molar-refractivity contribution >= 4 is 11.5 Å². The van der Waals surface area contributed by atoms with Crippen LogP contribution < -0.4 is 0 Å². The van der Waals surface area contributed by atoms with Gasteiger partial charge in [0.25, 0.3) is 0 Å². The first kappa shape index (κ1) is 11.4. The number of hydrogen-bond donors (Lipinski definition) is 1. The van der Waals surface area contributed by atoms with Crippen LogP contribution in [0.5, 0.6) is 0 Å². The third-order valence-corrected chi connectivity index (χ3v) is 2.83. The molecule has 0 bridgehead atoms. The minimum absolute atomic E-state index is 0.0418. The van der Waals surface area contributed by atoms with Crippen molar-refractivity contribution in [2.45, 2.75) is 0 Å². The van der Waals surface area contributed by atoms with Crippen LogP contribution in [0.3, 0.4) is 0 Å². The lowest BCUT2D eigenvalue weighted by molar-refractivity contribution is 0.0693. The summed E-state index contributed by atoms with van der Waals surface area (Å²) in [5, 5.41) is 9.15. The second-order valence-electron chi connectivity index (χ2n) is 4.06. The van der Waals surface area contributed by atoms with Gasteiger partial charge in [-0.1, -0.05) is 18.2 Å². The van der Waals surface area contributed by atoms with E-state index in [1.165, 1.54) is 12.1 Å². The van der Waals surface area contributed by atoms with Gasteiger partial charge in [0.2, 0.25) is 0 Å². The van der Waals surface area contributed by atoms with Gasteiger partial charge in [0, 0.05) is 11.8 Å². The van der Waals surface area contributed by atoms with Gasteiger partial charge >= 0.3 is 5.97 Å². The molecule has 5 heteroatoms. The molecule has 0 amide bonds. The van der Waals surface area contributed by atoms with Crippen LogP contribution in [0.25, 0.3) is 16.9 Å². The number of aromatic carboxylic acids is 1. The molecule has 0 aliphatic carbocycles. The molecule has 0 saturated heterocycles. The summed E-state index contributed by atoms with van der Waals surface area (Å²) in [4.78, 5) is 15.3. The van der Waals surface area contributed by atoms with E-state index in [1.54, 1.807) is 40.9 Å². The molecule has 0 saturated carbocycles. The van der Waals surface area contributed by atoms with Crippen LogP contribution >= 0.6 is 0 Å². The Morgan fingerprint density at radius 2 is 2.05 bits per heavy atom. The molecule has 0 radical (unpaired) electrons. The van der Waals surface area contributed by atoms with E-state index in [0.717, 1.165) is 0 Å². The Balaban J connectivity index is 2.33. The minimum Gasteiger partial charge on any atom is -0.476 e. The average molecular weight is 256 g/mol. The van der Waals surface area contributed by atoms with Crippen LogP contribution in [-0.4, -0.2) is 20.5 Å². The van der Waals surface area contributed by atoms with Crippen molar-refractivity contribution in [3.05, 3.63) is 60.2 Å². The summed E-state index contributed by atoms with van der Waals surface area (Å²) in [6, 6.07) is 11.1. The maximum absolute atomic E-state index is 13.3. The van der Waals surface area contributed by atoms with Crippen molar-refractivity contribution in [3.8, 4) is 11.4 Å². The zero-order valence-corrected chi connectivity index (χ0v) is 9.75. The van der Waals surface area contributed by atoms with Crippen molar-refractivity contribution in [1.82, 2.24) is 9.38 Å². The van der Waals surface area contributed by atoms with Gasteiger partial charge in [-0.3, -0.25) is 4.40 Å². The molecule has 4 nitrogen and oxygen atoms in total. The van der Waals surface area contributed by atoms with Crippen molar-refractivity contribution in [2.24, 2.45) is 0 Å². The standard InChI is InChI=1S/C14H9FN2O2/c15-10-5-3-4-9(8-10)13-16-12(14(18)19)11-6-1-2-7-17(11)13/h1-8H,(H,18,19). The normalized spacial score (nSPS) is 10.8. The zero-order chi connectivity index (χ0) is 13.4. The van der Waals surface area contributed by atoms with Gasteiger partial charge in [-0.05, 0) is 24.3 Å². The Kier molecular flexibility index (Phi) is 2.52. The smallest absolute Gasteiger partial charge is 0.356 e. The van der Waals surface area contributed by atoms with Crippen LogP contribution in [0.2, 0.25) is 0 Å². The summed E-state index contributed by atoms with van der Waals surface area (Å²) in [7, 11) is 0. The predicted octanol–water partition coefficient (Wildman–Crippen LogP) is 2.84. The molecular weight excluding hydrogens is 247 g/mol. The number of carbonyl (C=O) groups is 1. The summed E-state index contributed by atoms with van der Waals surface area (Å²) in [5.74, 6) is -1.08. The lowest BCUT2D eigenvalue weighted by Gasteiger charge is -2.00. The minimum atomic E-state index is -1.11. The van der Waals surface area contributed by atoms with E-state index in [1.807, 2.05) is 0 Å². The number of hydrogen-bond acceptors (Lipinski definition) is 2. The van der Waals surface area contributed by atoms with Gasteiger partial charge in [0.1, 0.15) is 11.6 Å². The number of pyridine rings is 1. The lowest BCUT2D eigenvalue weighted by atomic mass is 10.2. The van der Waals surface area contributed by atoms with Crippen LogP contribution in [0.4, 0.5) is 4.39 Å². The summed E-state index contributed by atoms with van der Waals surface area (Å²) < 4.78 is 14.9. The molecular formula is C14H9FN2O2. The molecule has 0 aliphatic rings. The molecule has 0 aliphatic heterocycles. The number of nitrogens with zero attached hydrogens (tertiary/aromatic N) is 2. The summed E-state index contributed by atoms with van der Waals surface area (Å²) in [5.41, 5.74) is 0.975. The van der Waals surface area contributed by atoms with E-state index >= 15 is 0 Å². The fourth-order valence-electron chi connectivity index (χ4n) is 2.03. The van der Waals surface area contributed by atoms with Crippen molar-refractivity contribution in [1.29, 1.82) is 0 Å². The third kappa shape index (κ3) is 1.85. The van der Waals surface area contributed by atoms with E-state index < -0.39 is 5.97 Å².